The van der Waals surface area contributed by atoms with Gasteiger partial charge in [-0.3, -0.25) is 4.79 Å². The topological polar surface area (TPSA) is 68.0 Å². The van der Waals surface area contributed by atoms with E-state index in [2.05, 4.69) is 22.5 Å². The van der Waals surface area contributed by atoms with Gasteiger partial charge in [0.05, 0.1) is 16.6 Å². The summed E-state index contributed by atoms with van der Waals surface area (Å²) in [5, 5.41) is 2.99. The number of nitrogens with zero attached hydrogens (tertiary/aromatic N) is 1. The van der Waals surface area contributed by atoms with Gasteiger partial charge in [0, 0.05) is 6.20 Å². The first-order valence-electron chi connectivity index (χ1n) is 3.77. The fourth-order valence-corrected chi connectivity index (χ4v) is 0.952. The normalized spacial score (nSPS) is 9.50. The van der Waals surface area contributed by atoms with Crippen LogP contribution in [0.4, 0.5) is 0 Å². The van der Waals surface area contributed by atoms with E-state index in [9.17, 15) is 4.79 Å². The highest BCUT2D eigenvalue weighted by Gasteiger charge is 2.05. The van der Waals surface area contributed by atoms with Crippen LogP contribution in [0.5, 0.6) is 0 Å². The van der Waals surface area contributed by atoms with Crippen LogP contribution in [-0.4, -0.2) is 22.4 Å². The van der Waals surface area contributed by atoms with E-state index in [1.165, 1.54) is 12.3 Å². The molecule has 0 saturated heterocycles. The summed E-state index contributed by atoms with van der Waals surface area (Å²) in [5.41, 5.74) is 5.50. The Bertz CT molecular complexity index is 352. The Morgan fingerprint density at radius 1 is 1.64 bits per heavy atom. The number of carbonyl (C=O) groups excluding carboxylic acids is 1. The van der Waals surface area contributed by atoms with Gasteiger partial charge in [0.15, 0.2) is 0 Å². The van der Waals surface area contributed by atoms with Gasteiger partial charge in [-0.1, -0.05) is 23.8 Å². The number of hydrogen-bond acceptors (Lipinski definition) is 3. The molecule has 0 spiro atoms. The number of pyridine rings is 1. The van der Waals surface area contributed by atoms with Crippen molar-refractivity contribution in [3.8, 4) is 0 Å². The van der Waals surface area contributed by atoms with Gasteiger partial charge in [-0.05, 0) is 12.1 Å². The molecule has 0 atom stereocenters. The summed E-state index contributed by atoms with van der Waals surface area (Å²) in [7, 11) is 0. The maximum Gasteiger partial charge on any atom is 0.270 e. The van der Waals surface area contributed by atoms with Gasteiger partial charge in [0.1, 0.15) is 5.69 Å². The molecule has 1 aromatic rings. The van der Waals surface area contributed by atoms with Crippen molar-refractivity contribution in [1.82, 2.24) is 10.3 Å². The molecule has 1 amide bonds. The quantitative estimate of drug-likeness (QED) is 0.751. The third kappa shape index (κ3) is 3.27. The van der Waals surface area contributed by atoms with Gasteiger partial charge in [0.2, 0.25) is 0 Å². The molecular formula is C8H8ClN3OS. The Morgan fingerprint density at radius 2 is 2.36 bits per heavy atom. The lowest BCUT2D eigenvalue weighted by Gasteiger charge is -2.02. The van der Waals surface area contributed by atoms with Crippen LogP contribution >= 0.6 is 23.8 Å². The largest absolute Gasteiger partial charge is 0.392 e. The van der Waals surface area contributed by atoms with Crippen LogP contribution in [0.1, 0.15) is 10.5 Å². The van der Waals surface area contributed by atoms with Crippen molar-refractivity contribution in [3.63, 3.8) is 0 Å². The number of halogens is 1. The van der Waals surface area contributed by atoms with Crippen LogP contribution in [0.2, 0.25) is 5.02 Å². The van der Waals surface area contributed by atoms with Crippen LogP contribution in [0.3, 0.4) is 0 Å². The molecule has 1 aromatic heterocycles. The molecular weight excluding hydrogens is 222 g/mol. The predicted molar refractivity (Wildman–Crippen MR) is 58.4 cm³/mol. The Labute approximate surface area is 91.5 Å². The van der Waals surface area contributed by atoms with Crippen LogP contribution in [-0.2, 0) is 0 Å². The number of nitrogens with one attached hydrogen (secondary N) is 1. The molecule has 0 aliphatic carbocycles. The number of thiocarbonyl (C=S) groups is 1. The van der Waals surface area contributed by atoms with Crippen molar-refractivity contribution in [2.45, 2.75) is 0 Å². The maximum atomic E-state index is 11.3. The molecule has 74 valence electrons. The zero-order valence-corrected chi connectivity index (χ0v) is 8.73. The van der Waals surface area contributed by atoms with E-state index in [0.717, 1.165) is 0 Å². The van der Waals surface area contributed by atoms with Crippen molar-refractivity contribution in [3.05, 3.63) is 29.0 Å². The zero-order valence-electron chi connectivity index (χ0n) is 7.16. The fraction of sp³-hybridized carbons (Fsp3) is 0.125. The van der Waals surface area contributed by atoms with Crippen molar-refractivity contribution in [2.24, 2.45) is 5.73 Å². The lowest BCUT2D eigenvalue weighted by atomic mass is 10.3. The summed E-state index contributed by atoms with van der Waals surface area (Å²) in [5.74, 6) is -0.325. The molecule has 6 heteroatoms. The molecule has 0 radical (unpaired) electrons. The van der Waals surface area contributed by atoms with Crippen molar-refractivity contribution >= 4 is 34.7 Å². The maximum absolute atomic E-state index is 11.3. The monoisotopic (exact) mass is 229 g/mol. The Balaban J connectivity index is 2.61. The second kappa shape index (κ2) is 4.88. The second-order valence-corrected chi connectivity index (χ2v) is 3.47. The summed E-state index contributed by atoms with van der Waals surface area (Å²) in [6.07, 6.45) is 1.40. The standard InChI is InChI=1S/C8H8ClN3OS/c9-5-1-2-6(11-3-5)8(13)12-4-7(10)14/h1-3H,4H2,(H2,10,14)(H,12,13). The first kappa shape index (κ1) is 10.9. The summed E-state index contributed by atoms with van der Waals surface area (Å²) >= 11 is 10.2. The van der Waals surface area contributed by atoms with E-state index in [1.807, 2.05) is 0 Å². The highest BCUT2D eigenvalue weighted by molar-refractivity contribution is 7.80. The highest BCUT2D eigenvalue weighted by Crippen LogP contribution is 2.05. The van der Waals surface area contributed by atoms with E-state index in [4.69, 9.17) is 17.3 Å². The third-order valence-electron chi connectivity index (χ3n) is 1.38. The first-order valence-corrected chi connectivity index (χ1v) is 4.56. The van der Waals surface area contributed by atoms with Crippen LogP contribution < -0.4 is 11.1 Å². The van der Waals surface area contributed by atoms with Gasteiger partial charge in [-0.25, -0.2) is 4.98 Å². The first-order chi connectivity index (χ1) is 6.59. The number of carbonyl (C=O) groups is 1. The van der Waals surface area contributed by atoms with E-state index in [1.54, 1.807) is 6.07 Å². The molecule has 0 aliphatic heterocycles. The molecule has 0 fully saturated rings. The fourth-order valence-electron chi connectivity index (χ4n) is 0.768. The van der Waals surface area contributed by atoms with Crippen molar-refractivity contribution < 1.29 is 4.79 Å². The second-order valence-electron chi connectivity index (χ2n) is 2.51. The van der Waals surface area contributed by atoms with Gasteiger partial charge in [-0.2, -0.15) is 0 Å². The number of amides is 1. The van der Waals surface area contributed by atoms with Crippen molar-refractivity contribution in [2.75, 3.05) is 6.54 Å². The lowest BCUT2D eigenvalue weighted by Crippen LogP contribution is -2.32. The molecule has 4 nitrogen and oxygen atoms in total. The number of nitrogens with two attached hydrogens (primary N) is 1. The molecule has 14 heavy (non-hydrogen) atoms. The minimum Gasteiger partial charge on any atom is -0.392 e. The van der Waals surface area contributed by atoms with E-state index < -0.39 is 0 Å². The van der Waals surface area contributed by atoms with Gasteiger partial charge >= 0.3 is 0 Å². The molecule has 1 heterocycles. The lowest BCUT2D eigenvalue weighted by molar-refractivity contribution is 0.0954. The minimum atomic E-state index is -0.325. The molecule has 0 saturated carbocycles. The van der Waals surface area contributed by atoms with E-state index in [-0.39, 0.29) is 23.1 Å². The van der Waals surface area contributed by atoms with Crippen LogP contribution in [0, 0.1) is 0 Å². The molecule has 0 aliphatic rings. The Hall–Kier alpha value is -1.20. The zero-order chi connectivity index (χ0) is 10.6. The van der Waals surface area contributed by atoms with E-state index >= 15 is 0 Å². The Kier molecular flexibility index (Phi) is 3.79. The van der Waals surface area contributed by atoms with Crippen molar-refractivity contribution in [1.29, 1.82) is 0 Å². The average Bonchev–Trinajstić information content (AvgIpc) is 2.15. The van der Waals surface area contributed by atoms with Crippen LogP contribution in [0.15, 0.2) is 18.3 Å². The SMILES string of the molecule is NC(=S)CNC(=O)c1ccc(Cl)cn1. The smallest absolute Gasteiger partial charge is 0.270 e. The molecule has 3 N–H and O–H groups in total. The summed E-state index contributed by atoms with van der Waals surface area (Å²) in [4.78, 5) is 15.4. The van der Waals surface area contributed by atoms with E-state index in [0.29, 0.717) is 5.02 Å². The Morgan fingerprint density at radius 3 is 2.86 bits per heavy atom. The number of aromatic nitrogens is 1. The highest BCUT2D eigenvalue weighted by atomic mass is 35.5. The van der Waals surface area contributed by atoms with Gasteiger partial charge < -0.3 is 11.1 Å². The number of hydrogen-bond donors (Lipinski definition) is 2. The molecule has 0 bridgehead atoms. The summed E-state index contributed by atoms with van der Waals surface area (Å²) in [6.45, 7) is 0.165. The third-order valence-corrected chi connectivity index (χ3v) is 1.75. The summed E-state index contributed by atoms with van der Waals surface area (Å²) in [6, 6.07) is 3.11. The van der Waals surface area contributed by atoms with Gasteiger partial charge in [-0.15, -0.1) is 0 Å². The summed E-state index contributed by atoms with van der Waals surface area (Å²) < 4.78 is 0. The minimum absolute atomic E-state index is 0.165. The predicted octanol–water partition coefficient (Wildman–Crippen LogP) is 0.751. The molecule has 0 unspecified atom stereocenters. The molecule has 0 aromatic carbocycles. The van der Waals surface area contributed by atoms with Crippen LogP contribution in [0.25, 0.3) is 0 Å². The van der Waals surface area contributed by atoms with Gasteiger partial charge in [0.25, 0.3) is 5.91 Å². The number of rotatable bonds is 3. The average molecular weight is 230 g/mol. The molecule has 1 rings (SSSR count).